The largest absolute Gasteiger partial charge is 0.492 e. The number of aryl methyl sites for hydroxylation is 1. The number of rotatable bonds is 13. The fraction of sp³-hybridized carbons (Fsp3) is 0.296. The maximum atomic E-state index is 13.7. The van der Waals surface area contributed by atoms with E-state index in [4.69, 9.17) is 4.74 Å². The summed E-state index contributed by atoms with van der Waals surface area (Å²) in [6.45, 7) is 4.04. The van der Waals surface area contributed by atoms with E-state index in [2.05, 4.69) is 5.32 Å². The lowest BCUT2D eigenvalue weighted by Crippen LogP contribution is -2.41. The zero-order chi connectivity index (χ0) is 26.0. The van der Waals surface area contributed by atoms with Crippen molar-refractivity contribution in [2.75, 3.05) is 29.8 Å². The summed E-state index contributed by atoms with van der Waals surface area (Å²) in [5.74, 6) is 1.02. The van der Waals surface area contributed by atoms with Crippen LogP contribution in [0.25, 0.3) is 0 Å². The van der Waals surface area contributed by atoms with Crippen LogP contribution in [-0.2, 0) is 20.6 Å². The Labute approximate surface area is 216 Å². The van der Waals surface area contributed by atoms with Gasteiger partial charge in [-0.25, -0.2) is 12.8 Å². The van der Waals surface area contributed by atoms with Crippen molar-refractivity contribution >= 4 is 33.4 Å². The van der Waals surface area contributed by atoms with Crippen LogP contribution in [-0.4, -0.2) is 39.8 Å². The number of nitrogens with zero attached hydrogens (tertiary/aromatic N) is 1. The Hall–Kier alpha value is -3.04. The van der Waals surface area contributed by atoms with Crippen molar-refractivity contribution in [1.29, 1.82) is 0 Å². The molecule has 3 aromatic rings. The Morgan fingerprint density at radius 3 is 2.44 bits per heavy atom. The number of carbonyl (C=O) groups excluding carboxylic acids is 1. The number of ether oxygens (including phenoxy) is 1. The van der Waals surface area contributed by atoms with E-state index in [9.17, 15) is 17.6 Å². The average molecular weight is 531 g/mol. The summed E-state index contributed by atoms with van der Waals surface area (Å²) >= 11 is 1.58. The number of nitrogens with one attached hydrogen (secondary N) is 1. The van der Waals surface area contributed by atoms with Gasteiger partial charge in [0.25, 0.3) is 10.0 Å². The van der Waals surface area contributed by atoms with E-state index in [1.54, 1.807) is 66.4 Å². The summed E-state index contributed by atoms with van der Waals surface area (Å²) < 4.78 is 47.6. The van der Waals surface area contributed by atoms with Crippen molar-refractivity contribution in [3.05, 3.63) is 89.7 Å². The van der Waals surface area contributed by atoms with Crippen LogP contribution >= 0.6 is 11.8 Å². The number of hydrogen-bond acceptors (Lipinski definition) is 5. The van der Waals surface area contributed by atoms with Gasteiger partial charge in [0.1, 0.15) is 18.1 Å². The summed E-state index contributed by atoms with van der Waals surface area (Å²) in [7, 11) is -4.03. The van der Waals surface area contributed by atoms with Crippen molar-refractivity contribution in [3.8, 4) is 5.75 Å². The van der Waals surface area contributed by atoms with Gasteiger partial charge in [-0.15, -0.1) is 0 Å². The van der Waals surface area contributed by atoms with Crippen LogP contribution in [0.3, 0.4) is 0 Å². The molecule has 3 aromatic carbocycles. The van der Waals surface area contributed by atoms with Crippen molar-refractivity contribution in [2.24, 2.45) is 0 Å². The smallest absolute Gasteiger partial charge is 0.264 e. The predicted molar refractivity (Wildman–Crippen MR) is 144 cm³/mol. The molecule has 0 aliphatic carbocycles. The highest BCUT2D eigenvalue weighted by Crippen LogP contribution is 2.32. The van der Waals surface area contributed by atoms with Gasteiger partial charge in [0.2, 0.25) is 5.91 Å². The molecular weight excluding hydrogens is 499 g/mol. The molecule has 0 bridgehead atoms. The lowest BCUT2D eigenvalue weighted by Gasteiger charge is -2.26. The number of anilines is 1. The third-order valence-corrected chi connectivity index (χ3v) is 8.20. The quantitative estimate of drug-likeness (QED) is 0.309. The number of para-hydroxylation sites is 2. The first-order valence-electron chi connectivity index (χ1n) is 11.7. The fourth-order valence-electron chi connectivity index (χ4n) is 3.46. The monoisotopic (exact) mass is 530 g/mol. The molecule has 0 saturated carbocycles. The van der Waals surface area contributed by atoms with E-state index >= 15 is 0 Å². The van der Waals surface area contributed by atoms with Crippen LogP contribution in [0.2, 0.25) is 0 Å². The average Bonchev–Trinajstić information content (AvgIpc) is 2.86. The van der Waals surface area contributed by atoms with Crippen LogP contribution in [0.15, 0.2) is 77.7 Å². The van der Waals surface area contributed by atoms with Gasteiger partial charge in [-0.1, -0.05) is 48.0 Å². The number of halogens is 1. The van der Waals surface area contributed by atoms with Gasteiger partial charge in [0, 0.05) is 12.3 Å². The molecule has 0 heterocycles. The molecular formula is C27H31FN2O4S2. The summed E-state index contributed by atoms with van der Waals surface area (Å²) in [6, 6.07) is 19.9. The van der Waals surface area contributed by atoms with Crippen molar-refractivity contribution in [1.82, 2.24) is 5.32 Å². The summed E-state index contributed by atoms with van der Waals surface area (Å²) in [5.41, 5.74) is 1.88. The molecule has 36 heavy (non-hydrogen) atoms. The highest BCUT2D eigenvalue weighted by Gasteiger charge is 2.29. The van der Waals surface area contributed by atoms with Gasteiger partial charge in [-0.05, 0) is 61.9 Å². The minimum atomic E-state index is -4.03. The maximum absolute atomic E-state index is 13.7. The Morgan fingerprint density at radius 1 is 1.03 bits per heavy atom. The molecule has 0 fully saturated rings. The molecule has 1 N–H and O–H groups in total. The first kappa shape index (κ1) is 27.5. The highest BCUT2D eigenvalue weighted by atomic mass is 32.2. The van der Waals surface area contributed by atoms with Gasteiger partial charge in [0.05, 0.1) is 17.2 Å². The summed E-state index contributed by atoms with van der Waals surface area (Å²) in [6.07, 6.45) is 0.672. The molecule has 0 aliphatic rings. The molecule has 0 atom stereocenters. The third-order valence-electron chi connectivity index (χ3n) is 5.33. The molecule has 0 spiro atoms. The lowest BCUT2D eigenvalue weighted by atomic mass is 10.2. The zero-order valence-electron chi connectivity index (χ0n) is 20.4. The Morgan fingerprint density at radius 2 is 1.72 bits per heavy atom. The number of thioether (sulfide) groups is 1. The lowest BCUT2D eigenvalue weighted by molar-refractivity contribution is -0.119. The van der Waals surface area contributed by atoms with Crippen molar-refractivity contribution < 1.29 is 22.3 Å². The first-order valence-corrected chi connectivity index (χ1v) is 14.3. The van der Waals surface area contributed by atoms with E-state index in [1.807, 2.05) is 13.8 Å². The Bertz CT molecular complexity index is 1250. The van der Waals surface area contributed by atoms with Crippen LogP contribution in [0.5, 0.6) is 5.75 Å². The normalized spacial score (nSPS) is 11.2. The van der Waals surface area contributed by atoms with Crippen LogP contribution in [0.1, 0.15) is 24.5 Å². The van der Waals surface area contributed by atoms with Crippen LogP contribution in [0.4, 0.5) is 10.1 Å². The van der Waals surface area contributed by atoms with Crippen molar-refractivity contribution in [3.63, 3.8) is 0 Å². The molecule has 0 saturated heterocycles. The standard InChI is InChI=1S/C27H31FN2O4S2/c1-3-34-26-12-7-6-11-25(26)30(36(32,33)23-15-13-21(2)14-16-23)19-27(31)29-17-8-18-35-20-22-9-4-5-10-24(22)28/h4-7,9-16H,3,8,17-20H2,1-2H3,(H,29,31). The summed E-state index contributed by atoms with van der Waals surface area (Å²) in [5, 5.41) is 2.80. The molecule has 0 aromatic heterocycles. The topological polar surface area (TPSA) is 75.7 Å². The summed E-state index contributed by atoms with van der Waals surface area (Å²) in [4.78, 5) is 12.9. The molecule has 1 amide bonds. The van der Waals surface area contributed by atoms with E-state index < -0.39 is 15.9 Å². The van der Waals surface area contributed by atoms with Crippen molar-refractivity contribution in [2.45, 2.75) is 30.9 Å². The molecule has 9 heteroatoms. The molecule has 0 radical (unpaired) electrons. The van der Waals surface area contributed by atoms with Gasteiger partial charge in [-0.3, -0.25) is 9.10 Å². The van der Waals surface area contributed by atoms with Gasteiger partial charge in [0.15, 0.2) is 0 Å². The fourth-order valence-corrected chi connectivity index (χ4v) is 5.84. The number of sulfonamides is 1. The van der Waals surface area contributed by atoms with E-state index in [1.165, 1.54) is 18.2 Å². The SMILES string of the molecule is CCOc1ccccc1N(CC(=O)NCCCSCc1ccccc1F)S(=O)(=O)c1ccc(C)cc1. The van der Waals surface area contributed by atoms with Crippen LogP contribution in [0, 0.1) is 12.7 Å². The Kier molecular flexibility index (Phi) is 10.2. The van der Waals surface area contributed by atoms with Gasteiger partial charge < -0.3 is 10.1 Å². The predicted octanol–water partition coefficient (Wildman–Crippen LogP) is 5.17. The van der Waals surface area contributed by atoms with Gasteiger partial charge >= 0.3 is 0 Å². The number of hydrogen-bond donors (Lipinski definition) is 1. The zero-order valence-corrected chi connectivity index (χ0v) is 22.1. The molecule has 0 aliphatic heterocycles. The van der Waals surface area contributed by atoms with E-state index in [0.717, 1.165) is 15.6 Å². The van der Waals surface area contributed by atoms with E-state index in [-0.39, 0.29) is 17.3 Å². The second kappa shape index (κ2) is 13.3. The number of carbonyl (C=O) groups is 1. The molecule has 3 rings (SSSR count). The van der Waals surface area contributed by atoms with Crippen LogP contribution < -0.4 is 14.4 Å². The number of benzene rings is 3. The molecule has 192 valence electrons. The third kappa shape index (κ3) is 7.48. The minimum Gasteiger partial charge on any atom is -0.492 e. The van der Waals surface area contributed by atoms with E-state index in [0.29, 0.717) is 42.3 Å². The molecule has 6 nitrogen and oxygen atoms in total. The highest BCUT2D eigenvalue weighted by molar-refractivity contribution is 7.98. The molecule has 0 unspecified atom stereocenters. The Balaban J connectivity index is 1.66. The second-order valence-electron chi connectivity index (χ2n) is 8.07. The maximum Gasteiger partial charge on any atom is 0.264 e. The second-order valence-corrected chi connectivity index (χ2v) is 11.0. The van der Waals surface area contributed by atoms with Gasteiger partial charge in [-0.2, -0.15) is 11.8 Å². The minimum absolute atomic E-state index is 0.0942. The first-order chi connectivity index (χ1) is 17.3. The number of amides is 1.